The molecule has 0 saturated heterocycles. The summed E-state index contributed by atoms with van der Waals surface area (Å²) in [6.07, 6.45) is 2.11. The van der Waals surface area contributed by atoms with Crippen LogP contribution >= 0.6 is 0 Å². The van der Waals surface area contributed by atoms with Gasteiger partial charge < -0.3 is 4.52 Å². The third kappa shape index (κ3) is 3.44. The van der Waals surface area contributed by atoms with Gasteiger partial charge in [0, 0.05) is 6.42 Å². The Hall–Kier alpha value is -0.950. The molecule has 6 nitrogen and oxygen atoms in total. The van der Waals surface area contributed by atoms with Crippen LogP contribution in [0.15, 0.2) is 10.9 Å². The van der Waals surface area contributed by atoms with E-state index in [4.69, 9.17) is 5.14 Å². The van der Waals surface area contributed by atoms with Gasteiger partial charge in [-0.15, -0.1) is 0 Å². The van der Waals surface area contributed by atoms with Gasteiger partial charge in [-0.1, -0.05) is 5.16 Å². The highest BCUT2D eigenvalue weighted by atomic mass is 32.2. The quantitative estimate of drug-likeness (QED) is 0.677. The molecule has 0 aliphatic carbocycles. The Morgan fingerprint density at radius 2 is 2.33 bits per heavy atom. The van der Waals surface area contributed by atoms with Crippen LogP contribution in [-0.2, 0) is 16.4 Å². The molecule has 0 aliphatic rings. The van der Waals surface area contributed by atoms with Crippen LogP contribution in [-0.4, -0.2) is 24.3 Å². The van der Waals surface area contributed by atoms with E-state index < -0.39 is 10.0 Å². The van der Waals surface area contributed by atoms with Crippen molar-refractivity contribution in [2.45, 2.75) is 12.8 Å². The first-order valence-electron chi connectivity index (χ1n) is 3.34. The van der Waals surface area contributed by atoms with E-state index in [0.717, 1.165) is 0 Å². The number of rotatable bonds is 4. The van der Waals surface area contributed by atoms with Gasteiger partial charge in [-0.2, -0.15) is 4.98 Å². The second-order valence-corrected chi connectivity index (χ2v) is 4.04. The summed E-state index contributed by atoms with van der Waals surface area (Å²) in [6, 6.07) is 0. The minimum atomic E-state index is -3.37. The lowest BCUT2D eigenvalue weighted by atomic mass is 10.3. The van der Waals surface area contributed by atoms with Gasteiger partial charge >= 0.3 is 0 Å². The standard InChI is InChI=1S/C5H9N3O3S/c6-12(9,10)3-1-2-5-7-4-8-11-5/h4H,1-3H2,(H2,6,9,10). The molecule has 7 heteroatoms. The van der Waals surface area contributed by atoms with Gasteiger partial charge in [-0.25, -0.2) is 13.6 Å². The van der Waals surface area contributed by atoms with Crippen LogP contribution in [0.3, 0.4) is 0 Å². The molecular formula is C5H9N3O3S. The zero-order valence-electron chi connectivity index (χ0n) is 6.30. The zero-order valence-corrected chi connectivity index (χ0v) is 7.12. The second kappa shape index (κ2) is 3.63. The lowest BCUT2D eigenvalue weighted by molar-refractivity contribution is 0.376. The average molecular weight is 191 g/mol. The van der Waals surface area contributed by atoms with Gasteiger partial charge in [0.25, 0.3) is 0 Å². The van der Waals surface area contributed by atoms with E-state index in [9.17, 15) is 8.42 Å². The molecule has 0 spiro atoms. The molecule has 0 saturated carbocycles. The fraction of sp³-hybridized carbons (Fsp3) is 0.600. The van der Waals surface area contributed by atoms with Crippen LogP contribution in [0.1, 0.15) is 12.3 Å². The highest BCUT2D eigenvalue weighted by Crippen LogP contribution is 1.97. The van der Waals surface area contributed by atoms with Gasteiger partial charge in [-0.3, -0.25) is 0 Å². The van der Waals surface area contributed by atoms with Crippen LogP contribution in [0.2, 0.25) is 0 Å². The van der Waals surface area contributed by atoms with Gasteiger partial charge in [-0.05, 0) is 6.42 Å². The second-order valence-electron chi connectivity index (χ2n) is 2.31. The Morgan fingerprint density at radius 3 is 2.83 bits per heavy atom. The number of primary sulfonamides is 1. The molecule has 0 amide bonds. The molecule has 0 aromatic carbocycles. The summed E-state index contributed by atoms with van der Waals surface area (Å²) in [5.41, 5.74) is 0. The summed E-state index contributed by atoms with van der Waals surface area (Å²) in [5, 5.41) is 8.15. The zero-order chi connectivity index (χ0) is 9.03. The van der Waals surface area contributed by atoms with Crippen LogP contribution in [0.4, 0.5) is 0 Å². The van der Waals surface area contributed by atoms with Crippen LogP contribution in [0, 0.1) is 0 Å². The van der Waals surface area contributed by atoms with Crippen LogP contribution in [0.5, 0.6) is 0 Å². The molecular weight excluding hydrogens is 182 g/mol. The Balaban J connectivity index is 2.29. The highest BCUT2D eigenvalue weighted by Gasteiger charge is 2.04. The third-order valence-corrected chi connectivity index (χ3v) is 2.08. The van der Waals surface area contributed by atoms with Crippen molar-refractivity contribution in [2.24, 2.45) is 5.14 Å². The van der Waals surface area contributed by atoms with Crippen molar-refractivity contribution < 1.29 is 12.9 Å². The van der Waals surface area contributed by atoms with E-state index in [2.05, 4.69) is 14.7 Å². The van der Waals surface area contributed by atoms with Gasteiger partial charge in [0.1, 0.15) is 0 Å². The Morgan fingerprint density at radius 1 is 1.58 bits per heavy atom. The molecule has 1 aromatic heterocycles. The van der Waals surface area contributed by atoms with Crippen molar-refractivity contribution in [1.82, 2.24) is 10.1 Å². The summed E-state index contributed by atoms with van der Waals surface area (Å²) in [7, 11) is -3.37. The topological polar surface area (TPSA) is 99.1 Å². The van der Waals surface area contributed by atoms with Crippen LogP contribution < -0.4 is 5.14 Å². The van der Waals surface area contributed by atoms with E-state index in [1.807, 2.05) is 0 Å². The smallest absolute Gasteiger partial charge is 0.226 e. The predicted molar refractivity (Wildman–Crippen MR) is 40.6 cm³/mol. The van der Waals surface area contributed by atoms with Gasteiger partial charge in [0.15, 0.2) is 6.33 Å². The number of nitrogens with two attached hydrogens (primary N) is 1. The Bertz CT molecular complexity index is 318. The molecule has 0 aliphatic heterocycles. The van der Waals surface area contributed by atoms with Gasteiger partial charge in [0.05, 0.1) is 5.75 Å². The summed E-state index contributed by atoms with van der Waals surface area (Å²) in [4.78, 5) is 3.72. The fourth-order valence-corrected chi connectivity index (χ4v) is 1.28. The first-order chi connectivity index (χ1) is 5.58. The summed E-state index contributed by atoms with van der Waals surface area (Å²) in [5.74, 6) is 0.369. The molecule has 1 aromatic rings. The molecule has 1 heterocycles. The van der Waals surface area contributed by atoms with Crippen molar-refractivity contribution >= 4 is 10.0 Å². The molecule has 0 fully saturated rings. The molecule has 0 unspecified atom stereocenters. The lowest BCUT2D eigenvalue weighted by Gasteiger charge is -1.93. The maximum Gasteiger partial charge on any atom is 0.226 e. The first kappa shape index (κ1) is 9.14. The minimum Gasteiger partial charge on any atom is -0.340 e. The molecule has 1 rings (SSSR count). The Kier molecular flexibility index (Phi) is 2.77. The number of aromatic nitrogens is 2. The molecule has 68 valence electrons. The molecule has 0 atom stereocenters. The van der Waals surface area contributed by atoms with E-state index in [1.54, 1.807) is 0 Å². The van der Waals surface area contributed by atoms with E-state index in [-0.39, 0.29) is 5.75 Å². The molecule has 2 N–H and O–H groups in total. The lowest BCUT2D eigenvalue weighted by Crippen LogP contribution is -2.16. The van der Waals surface area contributed by atoms with Crippen molar-refractivity contribution in [3.63, 3.8) is 0 Å². The number of hydrogen-bond acceptors (Lipinski definition) is 5. The number of sulfonamides is 1. The predicted octanol–water partition coefficient (Wildman–Crippen LogP) is -0.709. The van der Waals surface area contributed by atoms with Crippen molar-refractivity contribution in [3.8, 4) is 0 Å². The first-order valence-corrected chi connectivity index (χ1v) is 5.05. The monoisotopic (exact) mass is 191 g/mol. The maximum absolute atomic E-state index is 10.5. The molecule has 0 bridgehead atoms. The number of nitrogens with zero attached hydrogens (tertiary/aromatic N) is 2. The van der Waals surface area contributed by atoms with E-state index in [1.165, 1.54) is 6.33 Å². The third-order valence-electron chi connectivity index (χ3n) is 1.23. The highest BCUT2D eigenvalue weighted by molar-refractivity contribution is 7.89. The minimum absolute atomic E-state index is 0.0601. The molecule has 12 heavy (non-hydrogen) atoms. The summed E-state index contributed by atoms with van der Waals surface area (Å²) < 4.78 is 25.6. The van der Waals surface area contributed by atoms with E-state index >= 15 is 0 Å². The molecule has 0 radical (unpaired) electrons. The Labute approximate surface area is 69.8 Å². The van der Waals surface area contributed by atoms with Crippen molar-refractivity contribution in [1.29, 1.82) is 0 Å². The SMILES string of the molecule is NS(=O)(=O)CCCc1ncno1. The van der Waals surface area contributed by atoms with E-state index in [0.29, 0.717) is 18.7 Å². The number of hydrogen-bond donors (Lipinski definition) is 1. The average Bonchev–Trinajstić information content (AvgIpc) is 2.36. The largest absolute Gasteiger partial charge is 0.340 e. The summed E-state index contributed by atoms with van der Waals surface area (Å²) in [6.45, 7) is 0. The van der Waals surface area contributed by atoms with Crippen molar-refractivity contribution in [2.75, 3.05) is 5.75 Å². The van der Waals surface area contributed by atoms with Crippen LogP contribution in [0.25, 0.3) is 0 Å². The normalized spacial score (nSPS) is 11.8. The maximum atomic E-state index is 10.5. The van der Waals surface area contributed by atoms with Crippen molar-refractivity contribution in [3.05, 3.63) is 12.2 Å². The number of aryl methyl sites for hydroxylation is 1. The fourth-order valence-electron chi connectivity index (χ4n) is 0.731. The summed E-state index contributed by atoms with van der Waals surface area (Å²) >= 11 is 0. The van der Waals surface area contributed by atoms with Gasteiger partial charge in [0.2, 0.25) is 15.9 Å².